The van der Waals surface area contributed by atoms with E-state index in [1.54, 1.807) is 20.0 Å². The fraction of sp³-hybridized carbons (Fsp3) is 0.500. The van der Waals surface area contributed by atoms with Gasteiger partial charge < -0.3 is 37.5 Å². The van der Waals surface area contributed by atoms with E-state index in [-0.39, 0.29) is 18.8 Å². The Bertz CT molecular complexity index is 1160. The Balaban J connectivity index is 2.14. The third kappa shape index (κ3) is 8.58. The summed E-state index contributed by atoms with van der Waals surface area (Å²) in [5, 5.41) is 17.8. The summed E-state index contributed by atoms with van der Waals surface area (Å²) < 4.78 is 0. The highest BCUT2D eigenvalue weighted by Crippen LogP contribution is 2.19. The molecular formula is C26H38N6O6. The number of carbonyl (C=O) groups is 5. The Hall–Kier alpha value is -3.93. The molecule has 38 heavy (non-hydrogen) atoms. The van der Waals surface area contributed by atoms with Gasteiger partial charge in [0, 0.05) is 17.1 Å². The normalized spacial score (nSPS) is 14.5. The number of carboxylic acid groups (broad SMARTS) is 1. The van der Waals surface area contributed by atoms with Crippen LogP contribution in [-0.4, -0.2) is 63.9 Å². The topological polar surface area (TPSA) is 209 Å². The zero-order chi connectivity index (χ0) is 28.6. The second-order valence-corrected chi connectivity index (χ2v) is 10.2. The summed E-state index contributed by atoms with van der Waals surface area (Å²) in [5.41, 5.74) is 13.1. The van der Waals surface area contributed by atoms with Gasteiger partial charge >= 0.3 is 5.97 Å². The number of carbonyl (C=O) groups excluding carboxylic acids is 4. The molecule has 2 rings (SSSR count). The van der Waals surface area contributed by atoms with Crippen LogP contribution in [0.15, 0.2) is 30.5 Å². The molecule has 4 amide bonds. The number of aromatic amines is 1. The first-order chi connectivity index (χ1) is 17.8. The number of primary amides is 1. The molecule has 9 N–H and O–H groups in total. The number of aromatic nitrogens is 1. The molecule has 0 fully saturated rings. The standard InChI is InChI=1S/C26H38N6O6/c1-13(2)9-19(25(36)32-22(14(3)4)26(37)38)31-24(35)20(11-21(28)33)30-23(34)17(27)10-15-12-29-18-8-6-5-7-16(15)18/h5-8,12-14,17,19-20,22,29H,9-11,27H2,1-4H3,(H2,28,33)(H,30,34)(H,31,35)(H,32,36)(H,37,38). The average Bonchev–Trinajstić information content (AvgIpc) is 3.23. The number of nitrogens with two attached hydrogens (primary N) is 2. The molecule has 1 aromatic carbocycles. The van der Waals surface area contributed by atoms with E-state index in [1.165, 1.54) is 0 Å². The summed E-state index contributed by atoms with van der Waals surface area (Å²) in [4.78, 5) is 65.2. The molecule has 0 bridgehead atoms. The van der Waals surface area contributed by atoms with Crippen LogP contribution in [-0.2, 0) is 30.4 Å². The van der Waals surface area contributed by atoms with Gasteiger partial charge in [-0.15, -0.1) is 0 Å². The maximum Gasteiger partial charge on any atom is 0.326 e. The molecule has 0 saturated carbocycles. The smallest absolute Gasteiger partial charge is 0.326 e. The van der Waals surface area contributed by atoms with Crippen LogP contribution in [0.1, 0.15) is 46.1 Å². The van der Waals surface area contributed by atoms with E-state index >= 15 is 0 Å². The highest BCUT2D eigenvalue weighted by Gasteiger charge is 2.32. The number of H-pyrrole nitrogens is 1. The van der Waals surface area contributed by atoms with Crippen molar-refractivity contribution in [1.29, 1.82) is 0 Å². The summed E-state index contributed by atoms with van der Waals surface area (Å²) in [6.07, 6.45) is 1.60. The number of fused-ring (bicyclic) bond motifs is 1. The van der Waals surface area contributed by atoms with Gasteiger partial charge in [0.25, 0.3) is 0 Å². The third-order valence-corrected chi connectivity index (χ3v) is 6.06. The third-order valence-electron chi connectivity index (χ3n) is 6.06. The largest absolute Gasteiger partial charge is 0.480 e. The SMILES string of the molecule is CC(C)CC(NC(=O)C(CC(N)=O)NC(=O)C(N)Cc1c[nH]c2ccccc12)C(=O)NC(C(=O)O)C(C)C. The minimum atomic E-state index is -1.38. The van der Waals surface area contributed by atoms with Crippen LogP contribution in [0.25, 0.3) is 10.9 Å². The molecule has 1 heterocycles. The molecule has 208 valence electrons. The van der Waals surface area contributed by atoms with Gasteiger partial charge in [0.1, 0.15) is 18.1 Å². The first-order valence-corrected chi connectivity index (χ1v) is 12.5. The number of hydrogen-bond donors (Lipinski definition) is 7. The molecule has 2 aromatic rings. The first kappa shape index (κ1) is 30.3. The van der Waals surface area contributed by atoms with Gasteiger partial charge in [-0.05, 0) is 36.3 Å². The minimum absolute atomic E-state index is 0.0397. The Morgan fingerprint density at radius 1 is 0.921 bits per heavy atom. The Morgan fingerprint density at radius 2 is 1.53 bits per heavy atom. The van der Waals surface area contributed by atoms with Crippen molar-refractivity contribution in [3.05, 3.63) is 36.0 Å². The van der Waals surface area contributed by atoms with Crippen LogP contribution in [0.2, 0.25) is 0 Å². The fourth-order valence-corrected chi connectivity index (χ4v) is 4.06. The lowest BCUT2D eigenvalue weighted by molar-refractivity contribution is -0.143. The van der Waals surface area contributed by atoms with E-state index in [2.05, 4.69) is 20.9 Å². The van der Waals surface area contributed by atoms with E-state index in [4.69, 9.17) is 11.5 Å². The maximum absolute atomic E-state index is 13.1. The average molecular weight is 531 g/mol. The summed E-state index contributed by atoms with van der Waals surface area (Å²) in [5.74, 6) is -4.65. The maximum atomic E-state index is 13.1. The van der Waals surface area contributed by atoms with Crippen LogP contribution in [0.4, 0.5) is 0 Å². The minimum Gasteiger partial charge on any atom is -0.480 e. The summed E-state index contributed by atoms with van der Waals surface area (Å²) >= 11 is 0. The Kier molecular flexibility index (Phi) is 10.8. The molecule has 0 aliphatic rings. The van der Waals surface area contributed by atoms with Crippen molar-refractivity contribution in [2.45, 2.75) is 71.1 Å². The van der Waals surface area contributed by atoms with Gasteiger partial charge in [-0.1, -0.05) is 45.9 Å². The number of para-hydroxylation sites is 1. The Morgan fingerprint density at radius 3 is 2.11 bits per heavy atom. The summed E-state index contributed by atoms with van der Waals surface area (Å²) in [6.45, 7) is 6.95. The number of nitrogens with one attached hydrogen (secondary N) is 4. The van der Waals surface area contributed by atoms with Gasteiger partial charge in [-0.25, -0.2) is 4.79 Å². The molecule has 0 saturated heterocycles. The van der Waals surface area contributed by atoms with Crippen LogP contribution in [0.5, 0.6) is 0 Å². The fourth-order valence-electron chi connectivity index (χ4n) is 4.06. The highest BCUT2D eigenvalue weighted by molar-refractivity contribution is 5.96. The molecule has 0 aliphatic carbocycles. The molecule has 0 spiro atoms. The quantitative estimate of drug-likeness (QED) is 0.180. The predicted molar refractivity (Wildman–Crippen MR) is 142 cm³/mol. The molecule has 1 aromatic heterocycles. The molecule has 4 atom stereocenters. The van der Waals surface area contributed by atoms with Crippen molar-refractivity contribution in [3.8, 4) is 0 Å². The first-order valence-electron chi connectivity index (χ1n) is 12.5. The lowest BCUT2D eigenvalue weighted by Gasteiger charge is -2.26. The van der Waals surface area contributed by atoms with E-state index in [0.717, 1.165) is 16.5 Å². The van der Waals surface area contributed by atoms with Crippen molar-refractivity contribution in [2.75, 3.05) is 0 Å². The van der Waals surface area contributed by atoms with E-state index < -0.39 is 66.1 Å². The molecule has 12 nitrogen and oxygen atoms in total. The lowest BCUT2D eigenvalue weighted by atomic mass is 10.00. The van der Waals surface area contributed by atoms with E-state index in [9.17, 15) is 29.1 Å². The second-order valence-electron chi connectivity index (χ2n) is 10.2. The van der Waals surface area contributed by atoms with Crippen LogP contribution < -0.4 is 27.4 Å². The van der Waals surface area contributed by atoms with Gasteiger partial charge in [0.2, 0.25) is 23.6 Å². The van der Waals surface area contributed by atoms with Crippen molar-refractivity contribution in [3.63, 3.8) is 0 Å². The van der Waals surface area contributed by atoms with Crippen molar-refractivity contribution in [2.24, 2.45) is 23.3 Å². The van der Waals surface area contributed by atoms with E-state index in [0.29, 0.717) is 0 Å². The zero-order valence-corrected chi connectivity index (χ0v) is 22.1. The predicted octanol–water partition coefficient (Wildman–Crippen LogP) is 0.154. The summed E-state index contributed by atoms with van der Waals surface area (Å²) in [7, 11) is 0. The Labute approximate surface area is 221 Å². The number of aliphatic carboxylic acids is 1. The molecule has 0 aliphatic heterocycles. The van der Waals surface area contributed by atoms with Gasteiger partial charge in [-0.3, -0.25) is 19.2 Å². The van der Waals surface area contributed by atoms with Crippen LogP contribution in [0.3, 0.4) is 0 Å². The monoisotopic (exact) mass is 530 g/mol. The molecule has 4 unspecified atom stereocenters. The van der Waals surface area contributed by atoms with Gasteiger partial charge in [0.15, 0.2) is 0 Å². The molecule has 0 radical (unpaired) electrons. The summed E-state index contributed by atoms with van der Waals surface area (Å²) in [6, 6.07) is 2.85. The number of benzene rings is 1. The highest BCUT2D eigenvalue weighted by atomic mass is 16.4. The number of hydrogen-bond acceptors (Lipinski definition) is 6. The molecule has 12 heteroatoms. The number of amides is 4. The number of carboxylic acids is 1. The van der Waals surface area contributed by atoms with Crippen LogP contribution >= 0.6 is 0 Å². The van der Waals surface area contributed by atoms with Crippen LogP contribution in [0, 0.1) is 11.8 Å². The lowest BCUT2D eigenvalue weighted by Crippen LogP contribution is -2.58. The van der Waals surface area contributed by atoms with E-state index in [1.807, 2.05) is 38.1 Å². The van der Waals surface area contributed by atoms with Crippen molar-refractivity contribution >= 4 is 40.5 Å². The van der Waals surface area contributed by atoms with Crippen molar-refractivity contribution in [1.82, 2.24) is 20.9 Å². The second kappa shape index (κ2) is 13.6. The zero-order valence-electron chi connectivity index (χ0n) is 22.1. The van der Waals surface area contributed by atoms with Crippen molar-refractivity contribution < 1.29 is 29.1 Å². The number of rotatable bonds is 14. The van der Waals surface area contributed by atoms with Gasteiger partial charge in [-0.2, -0.15) is 0 Å². The van der Waals surface area contributed by atoms with Gasteiger partial charge in [0.05, 0.1) is 12.5 Å². The molecular weight excluding hydrogens is 492 g/mol.